The van der Waals surface area contributed by atoms with E-state index in [9.17, 15) is 27.2 Å². The Kier molecular flexibility index (Phi) is 7.50. The van der Waals surface area contributed by atoms with Gasteiger partial charge in [-0.2, -0.15) is 13.2 Å². The number of halogens is 7. The zero-order valence-electron chi connectivity index (χ0n) is 18.4. The maximum Gasteiger partial charge on any atom is 0.419 e. The Morgan fingerprint density at radius 3 is 2.44 bits per heavy atom. The maximum atomic E-state index is 13.9. The molecule has 0 spiro atoms. The fourth-order valence-corrected chi connectivity index (χ4v) is 4.65. The van der Waals surface area contributed by atoms with Gasteiger partial charge in [0.25, 0.3) is 5.91 Å². The highest BCUT2D eigenvalue weighted by atomic mass is 35.5. The molecule has 0 bridgehead atoms. The summed E-state index contributed by atoms with van der Waals surface area (Å²) >= 11 is 18.6. The van der Waals surface area contributed by atoms with E-state index in [1.807, 2.05) is 0 Å². The average molecular weight is 560 g/mol. The summed E-state index contributed by atoms with van der Waals surface area (Å²) in [6.07, 6.45) is -4.80. The third-order valence-electron chi connectivity index (χ3n) is 5.79. The Labute approximate surface area is 218 Å². The summed E-state index contributed by atoms with van der Waals surface area (Å²) in [4.78, 5) is 27.3. The van der Waals surface area contributed by atoms with Crippen molar-refractivity contribution >= 4 is 52.3 Å². The molecule has 3 aromatic rings. The van der Waals surface area contributed by atoms with Gasteiger partial charge in [0, 0.05) is 13.1 Å². The van der Waals surface area contributed by atoms with Gasteiger partial charge in [-0.05, 0) is 53.4 Å². The Morgan fingerprint density at radius 2 is 1.75 bits per heavy atom. The van der Waals surface area contributed by atoms with Crippen molar-refractivity contribution in [3.8, 4) is 0 Å². The van der Waals surface area contributed by atoms with Crippen LogP contribution in [-0.2, 0) is 30.4 Å². The molecule has 0 saturated carbocycles. The lowest BCUT2D eigenvalue weighted by molar-refractivity contribution is -0.140. The number of hydrogen-bond donors (Lipinski definition) is 1. The van der Waals surface area contributed by atoms with E-state index >= 15 is 0 Å². The van der Waals surface area contributed by atoms with Crippen LogP contribution >= 0.6 is 34.8 Å². The molecule has 2 amide bonds. The zero-order valence-corrected chi connectivity index (χ0v) is 20.6. The molecule has 188 valence electrons. The Balaban J connectivity index is 1.51. The first-order valence-electron chi connectivity index (χ1n) is 10.6. The van der Waals surface area contributed by atoms with Crippen LogP contribution < -0.4 is 5.32 Å². The molecule has 1 N–H and O–H groups in total. The number of hydrogen-bond acceptors (Lipinski definition) is 2. The third kappa shape index (κ3) is 5.45. The number of rotatable bonds is 4. The lowest BCUT2D eigenvalue weighted by atomic mass is 9.96. The minimum absolute atomic E-state index is 0.0779. The van der Waals surface area contributed by atoms with E-state index in [4.69, 9.17) is 34.8 Å². The van der Waals surface area contributed by atoms with Crippen molar-refractivity contribution in [2.45, 2.75) is 25.6 Å². The molecule has 4 rings (SSSR count). The number of benzene rings is 3. The molecule has 36 heavy (non-hydrogen) atoms. The number of carbonyl (C=O) groups excluding carboxylic acids is 2. The van der Waals surface area contributed by atoms with Gasteiger partial charge in [-0.1, -0.05) is 53.0 Å². The first-order chi connectivity index (χ1) is 17.0. The molecule has 1 aliphatic rings. The van der Waals surface area contributed by atoms with Crippen LogP contribution in [0.1, 0.15) is 32.6 Å². The second-order valence-electron chi connectivity index (χ2n) is 8.18. The zero-order chi connectivity index (χ0) is 26.2. The van der Waals surface area contributed by atoms with Crippen LogP contribution in [0.2, 0.25) is 15.1 Å². The topological polar surface area (TPSA) is 49.4 Å². The third-order valence-corrected chi connectivity index (χ3v) is 6.92. The summed E-state index contributed by atoms with van der Waals surface area (Å²) in [6.45, 7) is 0.559. The van der Waals surface area contributed by atoms with E-state index < -0.39 is 23.5 Å². The largest absolute Gasteiger partial charge is 0.419 e. The number of anilines is 1. The summed E-state index contributed by atoms with van der Waals surface area (Å²) in [5, 5.41) is 3.38. The van der Waals surface area contributed by atoms with Crippen molar-refractivity contribution in [2.24, 2.45) is 0 Å². The Hall–Kier alpha value is -2.81. The number of carbonyl (C=O) groups is 2. The predicted molar refractivity (Wildman–Crippen MR) is 130 cm³/mol. The van der Waals surface area contributed by atoms with Gasteiger partial charge in [0.15, 0.2) is 0 Å². The highest BCUT2D eigenvalue weighted by Crippen LogP contribution is 2.35. The maximum absolute atomic E-state index is 13.9. The van der Waals surface area contributed by atoms with Crippen LogP contribution in [0.5, 0.6) is 0 Å². The highest BCUT2D eigenvalue weighted by Gasteiger charge is 2.34. The quantitative estimate of drug-likeness (QED) is 0.344. The highest BCUT2D eigenvalue weighted by molar-refractivity contribution is 6.43. The van der Waals surface area contributed by atoms with Gasteiger partial charge >= 0.3 is 6.18 Å². The average Bonchev–Trinajstić information content (AvgIpc) is 2.81. The van der Waals surface area contributed by atoms with E-state index in [-0.39, 0.29) is 45.1 Å². The van der Waals surface area contributed by atoms with Crippen molar-refractivity contribution in [1.82, 2.24) is 4.90 Å². The fourth-order valence-electron chi connectivity index (χ4n) is 4.04. The standard InChI is InChI=1S/C25H17Cl3F4N2O2/c26-18-3-1-2-16(22(18)28)24(36)34-9-8-15-14(12-34)5-7-19(27)23(15)33-21(35)11-13-4-6-17(20(29)10-13)25(30,31)32/h1-7,10H,8-9,11-12H2,(H,33,35). The summed E-state index contributed by atoms with van der Waals surface area (Å²) in [5.74, 6) is -2.32. The Bertz CT molecular complexity index is 1360. The van der Waals surface area contributed by atoms with Crippen LogP contribution in [0, 0.1) is 5.82 Å². The molecular formula is C25H17Cl3F4N2O2. The molecule has 0 atom stereocenters. The van der Waals surface area contributed by atoms with Crippen LogP contribution in [0.4, 0.5) is 23.2 Å². The minimum atomic E-state index is -4.82. The van der Waals surface area contributed by atoms with Gasteiger partial charge in [-0.25, -0.2) is 4.39 Å². The summed E-state index contributed by atoms with van der Waals surface area (Å²) in [7, 11) is 0. The molecule has 0 aromatic heterocycles. The van der Waals surface area contributed by atoms with E-state index in [1.54, 1.807) is 35.2 Å². The molecule has 4 nitrogen and oxygen atoms in total. The summed E-state index contributed by atoms with van der Waals surface area (Å²) in [5.41, 5.74) is 0.793. The van der Waals surface area contributed by atoms with Crippen molar-refractivity contribution in [3.05, 3.63) is 97.2 Å². The van der Waals surface area contributed by atoms with Gasteiger partial charge in [-0.15, -0.1) is 0 Å². The smallest absolute Gasteiger partial charge is 0.334 e. The van der Waals surface area contributed by atoms with Gasteiger partial charge in [-0.3, -0.25) is 9.59 Å². The number of nitrogens with zero attached hydrogens (tertiary/aromatic N) is 1. The molecule has 3 aromatic carbocycles. The number of nitrogens with one attached hydrogen (secondary N) is 1. The van der Waals surface area contributed by atoms with Crippen molar-refractivity contribution < 1.29 is 27.2 Å². The van der Waals surface area contributed by atoms with Crippen LogP contribution in [0.25, 0.3) is 0 Å². The first kappa shape index (κ1) is 26.3. The molecule has 11 heteroatoms. The fraction of sp³-hybridized carbons (Fsp3) is 0.200. The van der Waals surface area contributed by atoms with E-state index in [0.717, 1.165) is 17.2 Å². The van der Waals surface area contributed by atoms with Crippen LogP contribution in [-0.4, -0.2) is 23.3 Å². The lowest BCUT2D eigenvalue weighted by Gasteiger charge is -2.31. The minimum Gasteiger partial charge on any atom is -0.334 e. The second kappa shape index (κ2) is 10.3. The van der Waals surface area contributed by atoms with Gasteiger partial charge in [0.05, 0.1) is 38.3 Å². The molecule has 0 radical (unpaired) electrons. The molecule has 0 fully saturated rings. The van der Waals surface area contributed by atoms with Crippen molar-refractivity contribution in [3.63, 3.8) is 0 Å². The van der Waals surface area contributed by atoms with E-state index in [1.165, 1.54) is 0 Å². The monoisotopic (exact) mass is 558 g/mol. The molecular weight excluding hydrogens is 543 g/mol. The number of fused-ring (bicyclic) bond motifs is 1. The first-order valence-corrected chi connectivity index (χ1v) is 11.8. The SMILES string of the molecule is O=C(Cc1ccc(C(F)(F)F)c(F)c1)Nc1c(Cl)ccc2c1CCN(C(=O)c1cccc(Cl)c1Cl)C2. The van der Waals surface area contributed by atoms with Crippen molar-refractivity contribution in [1.29, 1.82) is 0 Å². The summed E-state index contributed by atoms with van der Waals surface area (Å²) in [6, 6.07) is 10.5. The van der Waals surface area contributed by atoms with Gasteiger partial charge in [0.1, 0.15) is 5.82 Å². The lowest BCUT2D eigenvalue weighted by Crippen LogP contribution is -2.36. The molecule has 1 heterocycles. The number of amides is 2. The van der Waals surface area contributed by atoms with E-state index in [2.05, 4.69) is 5.32 Å². The molecule has 0 aliphatic carbocycles. The predicted octanol–water partition coefficient (Wildman–Crippen LogP) is 7.18. The van der Waals surface area contributed by atoms with Gasteiger partial charge < -0.3 is 10.2 Å². The summed E-state index contributed by atoms with van der Waals surface area (Å²) < 4.78 is 52.2. The second-order valence-corrected chi connectivity index (χ2v) is 9.37. The number of alkyl halides is 3. The van der Waals surface area contributed by atoms with Crippen LogP contribution in [0.3, 0.4) is 0 Å². The Morgan fingerprint density at radius 1 is 1.00 bits per heavy atom. The van der Waals surface area contributed by atoms with Gasteiger partial charge in [0.2, 0.25) is 5.91 Å². The van der Waals surface area contributed by atoms with E-state index in [0.29, 0.717) is 30.8 Å². The molecule has 0 unspecified atom stereocenters. The molecule has 1 aliphatic heterocycles. The normalized spacial score (nSPS) is 13.4. The molecule has 0 saturated heterocycles. The van der Waals surface area contributed by atoms with Crippen molar-refractivity contribution in [2.75, 3.05) is 11.9 Å². The van der Waals surface area contributed by atoms with Crippen LogP contribution in [0.15, 0.2) is 48.5 Å².